The summed E-state index contributed by atoms with van der Waals surface area (Å²) in [6.45, 7) is 1.71. The Bertz CT molecular complexity index is 874. The van der Waals surface area contributed by atoms with Crippen LogP contribution in [0.5, 0.6) is 0 Å². The first-order chi connectivity index (χ1) is 13.4. The number of esters is 1. The fourth-order valence-electron chi connectivity index (χ4n) is 3.46. The topological polar surface area (TPSA) is 78.9 Å². The normalized spacial score (nSPS) is 24.4. The molecule has 3 rings (SSSR count). The lowest BCUT2D eigenvalue weighted by Gasteiger charge is -2.49. The van der Waals surface area contributed by atoms with Gasteiger partial charge in [-0.2, -0.15) is 0 Å². The first-order valence-electron chi connectivity index (χ1n) is 8.99. The average molecular weight is 398 g/mol. The second kappa shape index (κ2) is 8.08. The molecule has 0 unspecified atom stereocenters. The number of carbonyl (C=O) groups is 2. The molecule has 146 valence electrons. The van der Waals surface area contributed by atoms with Crippen molar-refractivity contribution in [2.75, 3.05) is 13.7 Å². The van der Waals surface area contributed by atoms with Crippen LogP contribution in [-0.4, -0.2) is 46.3 Å². The van der Waals surface area contributed by atoms with Gasteiger partial charge in [-0.15, -0.1) is 0 Å². The maximum atomic E-state index is 13.5. The van der Waals surface area contributed by atoms with Crippen molar-refractivity contribution in [1.29, 1.82) is 0 Å². The molecule has 0 saturated carbocycles. The zero-order valence-corrected chi connectivity index (χ0v) is 16.5. The summed E-state index contributed by atoms with van der Waals surface area (Å²) < 4.78 is 5.13. The summed E-state index contributed by atoms with van der Waals surface area (Å²) in [5, 5.41) is 14.8. The summed E-state index contributed by atoms with van der Waals surface area (Å²) in [5.41, 5.74) is -1.12. The van der Waals surface area contributed by atoms with E-state index in [0.717, 1.165) is 5.56 Å². The van der Waals surface area contributed by atoms with E-state index in [2.05, 4.69) is 5.32 Å². The highest BCUT2D eigenvalue weighted by Crippen LogP contribution is 2.40. The van der Waals surface area contributed by atoms with Gasteiger partial charge in [-0.1, -0.05) is 60.7 Å². The van der Waals surface area contributed by atoms with Crippen molar-refractivity contribution in [3.8, 4) is 0 Å². The number of aliphatic hydroxyl groups is 1. The third-order valence-corrected chi connectivity index (χ3v) is 5.33. The number of carbonyl (C=O) groups excluding carboxylic acids is 2. The SMILES string of the molecule is CCOC(=O)[C@]1(O)[C@H](C(=O)c2ccccc2)[C@H](c2ccccc2)NC(=S)N1C. The first kappa shape index (κ1) is 20.0. The average Bonchev–Trinajstić information content (AvgIpc) is 2.72. The molecule has 1 heterocycles. The highest BCUT2D eigenvalue weighted by Gasteiger charge is 2.59. The van der Waals surface area contributed by atoms with Crippen molar-refractivity contribution in [3.63, 3.8) is 0 Å². The summed E-state index contributed by atoms with van der Waals surface area (Å²) in [6.07, 6.45) is 0. The zero-order chi connectivity index (χ0) is 20.3. The predicted octanol–water partition coefficient (Wildman–Crippen LogP) is 2.30. The lowest BCUT2D eigenvalue weighted by molar-refractivity contribution is -0.191. The summed E-state index contributed by atoms with van der Waals surface area (Å²) in [7, 11) is 1.47. The second-order valence-corrected chi connectivity index (χ2v) is 6.94. The third kappa shape index (κ3) is 3.39. The minimum Gasteiger partial charge on any atom is -0.462 e. The maximum absolute atomic E-state index is 13.5. The number of rotatable bonds is 5. The molecule has 0 radical (unpaired) electrons. The van der Waals surface area contributed by atoms with Gasteiger partial charge in [0.15, 0.2) is 10.9 Å². The molecule has 6 nitrogen and oxygen atoms in total. The van der Waals surface area contributed by atoms with Crippen LogP contribution in [0.2, 0.25) is 0 Å². The van der Waals surface area contributed by atoms with Crippen molar-refractivity contribution in [2.45, 2.75) is 18.7 Å². The van der Waals surface area contributed by atoms with Gasteiger partial charge in [-0.3, -0.25) is 4.79 Å². The summed E-state index contributed by atoms with van der Waals surface area (Å²) in [6, 6.07) is 17.0. The number of ketones is 1. The van der Waals surface area contributed by atoms with Crippen LogP contribution >= 0.6 is 12.2 Å². The van der Waals surface area contributed by atoms with Crippen LogP contribution in [-0.2, 0) is 9.53 Å². The van der Waals surface area contributed by atoms with Gasteiger partial charge in [0.1, 0.15) is 5.92 Å². The van der Waals surface area contributed by atoms with Crippen LogP contribution in [0.25, 0.3) is 0 Å². The fraction of sp³-hybridized carbons (Fsp3) is 0.286. The van der Waals surface area contributed by atoms with Gasteiger partial charge < -0.3 is 20.1 Å². The van der Waals surface area contributed by atoms with Gasteiger partial charge in [0.25, 0.3) is 5.72 Å². The van der Waals surface area contributed by atoms with Crippen molar-refractivity contribution >= 4 is 29.1 Å². The van der Waals surface area contributed by atoms with Gasteiger partial charge in [0, 0.05) is 12.6 Å². The number of likely N-dealkylation sites (N-methyl/N-ethyl adjacent to an activating group) is 1. The molecule has 7 heteroatoms. The lowest BCUT2D eigenvalue weighted by atomic mass is 9.77. The molecular weight excluding hydrogens is 376 g/mol. The van der Waals surface area contributed by atoms with Gasteiger partial charge in [-0.05, 0) is 24.7 Å². The zero-order valence-electron chi connectivity index (χ0n) is 15.7. The van der Waals surface area contributed by atoms with Crippen LogP contribution in [0, 0.1) is 5.92 Å². The number of nitrogens with one attached hydrogen (secondary N) is 1. The minimum atomic E-state index is -2.24. The van der Waals surface area contributed by atoms with E-state index in [1.807, 2.05) is 30.3 Å². The Labute approximate surface area is 169 Å². The summed E-state index contributed by atoms with van der Waals surface area (Å²) in [5.74, 6) is -2.46. The molecule has 0 aliphatic carbocycles. The first-order valence-corrected chi connectivity index (χ1v) is 9.40. The molecule has 0 spiro atoms. The van der Waals surface area contributed by atoms with E-state index in [4.69, 9.17) is 17.0 Å². The maximum Gasteiger partial charge on any atom is 0.360 e. The van der Waals surface area contributed by atoms with E-state index in [0.29, 0.717) is 5.56 Å². The fourth-order valence-corrected chi connectivity index (χ4v) is 3.73. The Kier molecular flexibility index (Phi) is 5.76. The van der Waals surface area contributed by atoms with Crippen molar-refractivity contribution in [3.05, 3.63) is 71.8 Å². The smallest absolute Gasteiger partial charge is 0.360 e. The Balaban J connectivity index is 2.17. The number of hydrogen-bond donors (Lipinski definition) is 2. The molecule has 28 heavy (non-hydrogen) atoms. The van der Waals surface area contributed by atoms with Crippen LogP contribution in [0.15, 0.2) is 60.7 Å². The monoisotopic (exact) mass is 398 g/mol. The number of hydrogen-bond acceptors (Lipinski definition) is 5. The van der Waals surface area contributed by atoms with Crippen LogP contribution < -0.4 is 5.32 Å². The van der Waals surface area contributed by atoms with E-state index >= 15 is 0 Å². The number of nitrogens with zero attached hydrogens (tertiary/aromatic N) is 1. The highest BCUT2D eigenvalue weighted by molar-refractivity contribution is 7.80. The molecule has 1 aliphatic heterocycles. The number of ether oxygens (including phenoxy) is 1. The quantitative estimate of drug-likeness (QED) is 0.455. The number of Topliss-reactive ketones (excluding diaryl/α,β-unsaturated/α-hetero) is 1. The molecule has 2 N–H and O–H groups in total. The van der Waals surface area contributed by atoms with Crippen LogP contribution in [0.4, 0.5) is 0 Å². The Morgan fingerprint density at radius 3 is 2.29 bits per heavy atom. The second-order valence-electron chi connectivity index (χ2n) is 6.55. The molecule has 0 amide bonds. The molecule has 2 aromatic rings. The van der Waals surface area contributed by atoms with Gasteiger partial charge in [-0.25, -0.2) is 4.79 Å². The third-order valence-electron chi connectivity index (χ3n) is 4.94. The van der Waals surface area contributed by atoms with Crippen molar-refractivity contribution in [2.24, 2.45) is 5.92 Å². The summed E-state index contributed by atoms with van der Waals surface area (Å²) >= 11 is 5.35. The molecule has 3 atom stereocenters. The van der Waals surface area contributed by atoms with Crippen molar-refractivity contribution in [1.82, 2.24) is 10.2 Å². The Morgan fingerprint density at radius 1 is 1.14 bits per heavy atom. The van der Waals surface area contributed by atoms with E-state index in [1.54, 1.807) is 37.3 Å². The molecule has 2 aromatic carbocycles. The Morgan fingerprint density at radius 2 is 1.71 bits per heavy atom. The van der Waals surface area contributed by atoms with Gasteiger partial charge in [0.2, 0.25) is 0 Å². The number of thiocarbonyl (C=S) groups is 1. The predicted molar refractivity (Wildman–Crippen MR) is 109 cm³/mol. The molecule has 1 aliphatic rings. The molecule has 1 saturated heterocycles. The van der Waals surface area contributed by atoms with Crippen molar-refractivity contribution < 1.29 is 19.4 Å². The van der Waals surface area contributed by atoms with E-state index in [9.17, 15) is 14.7 Å². The van der Waals surface area contributed by atoms with E-state index < -0.39 is 23.7 Å². The molecule has 0 aromatic heterocycles. The van der Waals surface area contributed by atoms with E-state index in [1.165, 1.54) is 11.9 Å². The van der Waals surface area contributed by atoms with E-state index in [-0.39, 0.29) is 17.5 Å². The lowest BCUT2D eigenvalue weighted by Crippen LogP contribution is -2.70. The van der Waals surface area contributed by atoms with Crippen LogP contribution in [0.3, 0.4) is 0 Å². The molecular formula is C21H22N2O4S. The van der Waals surface area contributed by atoms with Gasteiger partial charge in [0.05, 0.1) is 12.6 Å². The molecule has 0 bridgehead atoms. The van der Waals surface area contributed by atoms with Crippen LogP contribution in [0.1, 0.15) is 28.9 Å². The number of benzene rings is 2. The van der Waals surface area contributed by atoms with Gasteiger partial charge >= 0.3 is 5.97 Å². The standard InChI is InChI=1S/C21H22N2O4S/c1-3-27-19(25)21(26)16(18(24)15-12-8-5-9-13-15)17(22-20(28)23(21)2)14-10-6-4-7-11-14/h4-13,16-17,26H,3H2,1-2H3,(H,22,28)/t16-,17-,21+/m0/s1. The summed E-state index contributed by atoms with van der Waals surface area (Å²) in [4.78, 5) is 27.5. The Hall–Kier alpha value is -2.77. The molecule has 1 fully saturated rings. The highest BCUT2D eigenvalue weighted by atomic mass is 32.1. The largest absolute Gasteiger partial charge is 0.462 e. The minimum absolute atomic E-state index is 0.0669.